The number of rotatable bonds is 7. The van der Waals surface area contributed by atoms with Gasteiger partial charge in [-0.15, -0.1) is 0 Å². The summed E-state index contributed by atoms with van der Waals surface area (Å²) in [6.07, 6.45) is 3.65. The van der Waals surface area contributed by atoms with Crippen LogP contribution in [0.4, 0.5) is 4.39 Å². The van der Waals surface area contributed by atoms with E-state index in [2.05, 4.69) is 20.6 Å². The molecule has 1 aromatic heterocycles. The molecule has 1 heterocycles. The average Bonchev–Trinajstić information content (AvgIpc) is 2.92. The van der Waals surface area contributed by atoms with Gasteiger partial charge >= 0.3 is 0 Å². The van der Waals surface area contributed by atoms with Gasteiger partial charge in [0.1, 0.15) is 5.82 Å². The van der Waals surface area contributed by atoms with Crippen LogP contribution in [0.3, 0.4) is 0 Å². The summed E-state index contributed by atoms with van der Waals surface area (Å²) in [5.41, 5.74) is 2.05. The molecule has 0 saturated carbocycles. The van der Waals surface area contributed by atoms with Gasteiger partial charge in [-0.05, 0) is 36.6 Å². The number of nitrogens with zero attached hydrogens (tertiary/aromatic N) is 1. The lowest BCUT2D eigenvalue weighted by molar-refractivity contribution is 0.195. The van der Waals surface area contributed by atoms with E-state index in [9.17, 15) is 4.39 Å². The molecule has 0 spiro atoms. The minimum Gasteiger partial charge on any atom is -0.385 e. The van der Waals surface area contributed by atoms with Crippen LogP contribution in [0.2, 0.25) is 0 Å². The molecule has 3 N–H and O–H groups in total. The lowest BCUT2D eigenvalue weighted by Crippen LogP contribution is -2.38. The second-order valence-corrected chi connectivity index (χ2v) is 5.03. The first-order valence-corrected chi connectivity index (χ1v) is 7.43. The van der Waals surface area contributed by atoms with Crippen molar-refractivity contribution in [1.82, 2.24) is 15.6 Å². The second kappa shape index (κ2) is 8.38. The lowest BCUT2D eigenvalue weighted by atomic mass is 10.1. The quantitative estimate of drug-likeness (QED) is 0.417. The molecule has 0 radical (unpaired) electrons. The Morgan fingerprint density at radius 3 is 2.91 bits per heavy atom. The molecule has 0 fully saturated rings. The Morgan fingerprint density at radius 2 is 2.14 bits per heavy atom. The molecule has 1 aromatic carbocycles. The van der Waals surface area contributed by atoms with Crippen LogP contribution in [-0.2, 0) is 11.2 Å². The SMILES string of the molecule is CN=C(NCCCOC)NCCc1c[nH]c2ccc(F)cc12. The highest BCUT2D eigenvalue weighted by Gasteiger charge is 2.05. The van der Waals surface area contributed by atoms with Crippen LogP contribution >= 0.6 is 0 Å². The molecule has 0 atom stereocenters. The van der Waals surface area contributed by atoms with Crippen molar-refractivity contribution in [2.45, 2.75) is 12.8 Å². The van der Waals surface area contributed by atoms with Gasteiger partial charge in [-0.3, -0.25) is 4.99 Å². The maximum atomic E-state index is 13.3. The molecule has 2 rings (SSSR count). The number of halogens is 1. The largest absolute Gasteiger partial charge is 0.385 e. The number of ether oxygens (including phenoxy) is 1. The predicted molar refractivity (Wildman–Crippen MR) is 87.8 cm³/mol. The van der Waals surface area contributed by atoms with E-state index in [0.29, 0.717) is 0 Å². The highest BCUT2D eigenvalue weighted by atomic mass is 19.1. The van der Waals surface area contributed by atoms with Crippen molar-refractivity contribution >= 4 is 16.9 Å². The van der Waals surface area contributed by atoms with E-state index in [1.54, 1.807) is 26.3 Å². The third kappa shape index (κ3) is 4.46. The van der Waals surface area contributed by atoms with E-state index >= 15 is 0 Å². The summed E-state index contributed by atoms with van der Waals surface area (Å²) < 4.78 is 18.3. The van der Waals surface area contributed by atoms with Gasteiger partial charge in [0, 0.05) is 51.0 Å². The standard InChI is InChI=1S/C16H23FN4O/c1-18-16(19-7-3-9-22-2)20-8-6-12-11-21-15-5-4-13(17)10-14(12)15/h4-5,10-11,21H,3,6-9H2,1-2H3,(H2,18,19,20). The maximum Gasteiger partial charge on any atom is 0.190 e. The average molecular weight is 306 g/mol. The smallest absolute Gasteiger partial charge is 0.190 e. The Morgan fingerprint density at radius 1 is 1.32 bits per heavy atom. The number of benzene rings is 1. The van der Waals surface area contributed by atoms with Crippen LogP contribution in [0.1, 0.15) is 12.0 Å². The number of aliphatic imine (C=N–C) groups is 1. The molecule has 120 valence electrons. The van der Waals surface area contributed by atoms with E-state index in [0.717, 1.165) is 55.0 Å². The number of H-pyrrole nitrogens is 1. The fourth-order valence-corrected chi connectivity index (χ4v) is 2.32. The number of aromatic nitrogens is 1. The molecule has 0 bridgehead atoms. The minimum atomic E-state index is -0.211. The summed E-state index contributed by atoms with van der Waals surface area (Å²) in [7, 11) is 3.43. The minimum absolute atomic E-state index is 0.211. The molecule has 5 nitrogen and oxygen atoms in total. The van der Waals surface area contributed by atoms with E-state index in [-0.39, 0.29) is 5.82 Å². The topological polar surface area (TPSA) is 61.4 Å². The first-order chi connectivity index (χ1) is 10.7. The van der Waals surface area contributed by atoms with Crippen LogP contribution in [0, 0.1) is 5.82 Å². The Kier molecular flexibility index (Phi) is 6.21. The summed E-state index contributed by atoms with van der Waals surface area (Å²) in [6.45, 7) is 2.27. The highest BCUT2D eigenvalue weighted by Crippen LogP contribution is 2.19. The van der Waals surface area contributed by atoms with Crippen molar-refractivity contribution < 1.29 is 9.13 Å². The zero-order chi connectivity index (χ0) is 15.8. The molecule has 6 heteroatoms. The van der Waals surface area contributed by atoms with E-state index < -0.39 is 0 Å². The van der Waals surface area contributed by atoms with Gasteiger partial charge in [0.05, 0.1) is 0 Å². The lowest BCUT2D eigenvalue weighted by Gasteiger charge is -2.11. The van der Waals surface area contributed by atoms with E-state index in [1.165, 1.54) is 6.07 Å². The zero-order valence-corrected chi connectivity index (χ0v) is 13.1. The van der Waals surface area contributed by atoms with Crippen molar-refractivity contribution in [2.75, 3.05) is 33.9 Å². The number of hydrogen-bond donors (Lipinski definition) is 3. The van der Waals surface area contributed by atoms with Crippen LogP contribution in [0.5, 0.6) is 0 Å². The van der Waals surface area contributed by atoms with Gasteiger partial charge < -0.3 is 20.4 Å². The fraction of sp³-hybridized carbons (Fsp3) is 0.438. The van der Waals surface area contributed by atoms with Gasteiger partial charge in [-0.2, -0.15) is 0 Å². The van der Waals surface area contributed by atoms with Crippen LogP contribution in [-0.4, -0.2) is 44.8 Å². The first-order valence-electron chi connectivity index (χ1n) is 7.43. The molecule has 0 aliphatic heterocycles. The Bertz CT molecular complexity index is 624. The summed E-state index contributed by atoms with van der Waals surface area (Å²) in [4.78, 5) is 7.33. The third-order valence-corrected chi connectivity index (χ3v) is 3.46. The van der Waals surface area contributed by atoms with Gasteiger partial charge in [0.15, 0.2) is 5.96 Å². The predicted octanol–water partition coefficient (Wildman–Crippen LogP) is 2.05. The molecule has 2 aromatic rings. The molecule has 0 aliphatic rings. The van der Waals surface area contributed by atoms with Crippen molar-refractivity contribution in [3.05, 3.63) is 35.8 Å². The fourth-order valence-electron chi connectivity index (χ4n) is 2.32. The number of nitrogens with one attached hydrogen (secondary N) is 3. The van der Waals surface area contributed by atoms with E-state index in [1.807, 2.05) is 6.20 Å². The molecular weight excluding hydrogens is 283 g/mol. The van der Waals surface area contributed by atoms with E-state index in [4.69, 9.17) is 4.74 Å². The van der Waals surface area contributed by atoms with Gasteiger partial charge in [-0.25, -0.2) is 4.39 Å². The van der Waals surface area contributed by atoms with Crippen molar-refractivity contribution in [2.24, 2.45) is 4.99 Å². The summed E-state index contributed by atoms with van der Waals surface area (Å²) in [6, 6.07) is 4.80. The van der Waals surface area contributed by atoms with Gasteiger partial charge in [-0.1, -0.05) is 0 Å². The van der Waals surface area contributed by atoms with Crippen molar-refractivity contribution in [1.29, 1.82) is 0 Å². The van der Waals surface area contributed by atoms with Crippen molar-refractivity contribution in [3.8, 4) is 0 Å². The molecule has 22 heavy (non-hydrogen) atoms. The number of hydrogen-bond acceptors (Lipinski definition) is 2. The van der Waals surface area contributed by atoms with Gasteiger partial charge in [0.2, 0.25) is 0 Å². The number of aromatic amines is 1. The van der Waals surface area contributed by atoms with Crippen LogP contribution in [0.15, 0.2) is 29.4 Å². The number of guanidine groups is 1. The van der Waals surface area contributed by atoms with Crippen LogP contribution < -0.4 is 10.6 Å². The summed E-state index contributed by atoms with van der Waals surface area (Å²) in [5.74, 6) is 0.555. The van der Waals surface area contributed by atoms with Gasteiger partial charge in [0.25, 0.3) is 0 Å². The maximum absolute atomic E-state index is 13.3. The Labute approximate surface area is 130 Å². The molecular formula is C16H23FN4O. The normalized spacial score (nSPS) is 11.9. The highest BCUT2D eigenvalue weighted by molar-refractivity contribution is 5.83. The first kappa shape index (κ1) is 16.3. The molecule has 0 amide bonds. The Balaban J connectivity index is 1.82. The molecule has 0 unspecified atom stereocenters. The summed E-state index contributed by atoms with van der Waals surface area (Å²) >= 11 is 0. The monoisotopic (exact) mass is 306 g/mol. The molecule has 0 aliphatic carbocycles. The molecule has 0 saturated heterocycles. The number of fused-ring (bicyclic) bond motifs is 1. The zero-order valence-electron chi connectivity index (χ0n) is 13.1. The second-order valence-electron chi connectivity index (χ2n) is 5.03. The van der Waals surface area contributed by atoms with Crippen molar-refractivity contribution in [3.63, 3.8) is 0 Å². The van der Waals surface area contributed by atoms with Crippen LogP contribution in [0.25, 0.3) is 10.9 Å². The summed E-state index contributed by atoms with van der Waals surface area (Å²) in [5, 5.41) is 7.41. The third-order valence-electron chi connectivity index (χ3n) is 3.46. The number of methoxy groups -OCH3 is 1. The Hall–Kier alpha value is -2.08.